The molecule has 1 aromatic heterocycles. The summed E-state index contributed by atoms with van der Waals surface area (Å²) in [6.45, 7) is 4.68. The molecule has 2 aromatic rings. The fourth-order valence-corrected chi connectivity index (χ4v) is 2.18. The molecular formula is C15H18FN3. The zero-order valence-electron chi connectivity index (χ0n) is 11.3. The van der Waals surface area contributed by atoms with Crippen molar-refractivity contribution in [2.75, 3.05) is 0 Å². The number of nitrogens with zero attached hydrogens (tertiary/aromatic N) is 2. The molecule has 0 unspecified atom stereocenters. The summed E-state index contributed by atoms with van der Waals surface area (Å²) in [5.74, 6) is -0.198. The van der Waals surface area contributed by atoms with E-state index in [0.717, 1.165) is 29.2 Å². The van der Waals surface area contributed by atoms with E-state index in [-0.39, 0.29) is 5.82 Å². The van der Waals surface area contributed by atoms with Crippen molar-refractivity contribution < 1.29 is 4.39 Å². The van der Waals surface area contributed by atoms with Crippen LogP contribution in [-0.2, 0) is 6.54 Å². The van der Waals surface area contributed by atoms with Crippen LogP contribution in [0.1, 0.15) is 29.8 Å². The lowest BCUT2D eigenvalue weighted by Crippen LogP contribution is -2.15. The number of aromatic nitrogens is 2. The van der Waals surface area contributed by atoms with Gasteiger partial charge in [0.05, 0.1) is 12.0 Å². The number of halogens is 1. The van der Waals surface area contributed by atoms with Gasteiger partial charge in [-0.05, 0) is 50.5 Å². The van der Waals surface area contributed by atoms with Crippen molar-refractivity contribution in [1.29, 1.82) is 0 Å². The molecule has 0 aliphatic heterocycles. The minimum Gasteiger partial charge on any atom is -0.310 e. The molecule has 0 radical (unpaired) electrons. The van der Waals surface area contributed by atoms with E-state index < -0.39 is 0 Å². The van der Waals surface area contributed by atoms with Gasteiger partial charge in [0.15, 0.2) is 0 Å². The van der Waals surface area contributed by atoms with Gasteiger partial charge in [-0.15, -0.1) is 0 Å². The van der Waals surface area contributed by atoms with Gasteiger partial charge in [-0.3, -0.25) is 0 Å². The first-order valence-electron chi connectivity index (χ1n) is 6.67. The summed E-state index contributed by atoms with van der Waals surface area (Å²) in [7, 11) is 0. The average Bonchev–Trinajstić information content (AvgIpc) is 3.14. The first kappa shape index (κ1) is 12.4. The van der Waals surface area contributed by atoms with Crippen LogP contribution in [0, 0.1) is 19.7 Å². The molecule has 0 amide bonds. The molecule has 0 saturated heterocycles. The predicted molar refractivity (Wildman–Crippen MR) is 72.9 cm³/mol. The highest BCUT2D eigenvalue weighted by Crippen LogP contribution is 2.21. The molecule has 3 rings (SSSR count). The third-order valence-corrected chi connectivity index (χ3v) is 3.64. The molecular weight excluding hydrogens is 241 g/mol. The van der Waals surface area contributed by atoms with Gasteiger partial charge in [-0.1, -0.05) is 0 Å². The Morgan fingerprint density at radius 1 is 1.32 bits per heavy atom. The summed E-state index contributed by atoms with van der Waals surface area (Å²) in [5.41, 5.74) is 3.84. The highest BCUT2D eigenvalue weighted by molar-refractivity contribution is 5.39. The quantitative estimate of drug-likeness (QED) is 0.915. The Bertz CT molecular complexity index is 599. The van der Waals surface area contributed by atoms with Crippen LogP contribution in [0.15, 0.2) is 24.5 Å². The van der Waals surface area contributed by atoms with Crippen molar-refractivity contribution >= 4 is 0 Å². The van der Waals surface area contributed by atoms with Crippen LogP contribution >= 0.6 is 0 Å². The lowest BCUT2D eigenvalue weighted by Gasteiger charge is -2.09. The fraction of sp³-hybridized carbons (Fsp3) is 0.400. The topological polar surface area (TPSA) is 29.9 Å². The summed E-state index contributed by atoms with van der Waals surface area (Å²) >= 11 is 0. The third kappa shape index (κ3) is 2.68. The van der Waals surface area contributed by atoms with Crippen LogP contribution in [-0.4, -0.2) is 15.6 Å². The van der Waals surface area contributed by atoms with Crippen LogP contribution in [0.25, 0.3) is 5.69 Å². The minimum atomic E-state index is -0.198. The first-order valence-corrected chi connectivity index (χ1v) is 6.67. The van der Waals surface area contributed by atoms with Gasteiger partial charge in [0.25, 0.3) is 0 Å². The largest absolute Gasteiger partial charge is 0.310 e. The van der Waals surface area contributed by atoms with Gasteiger partial charge >= 0.3 is 0 Å². The molecule has 1 N–H and O–H groups in total. The molecule has 1 heterocycles. The van der Waals surface area contributed by atoms with Crippen LogP contribution in [0.5, 0.6) is 0 Å². The molecule has 1 aliphatic carbocycles. The Labute approximate surface area is 112 Å². The molecule has 1 aliphatic rings. The number of benzene rings is 1. The van der Waals surface area contributed by atoms with E-state index in [0.29, 0.717) is 6.04 Å². The minimum absolute atomic E-state index is 0.198. The number of hydrogen-bond donors (Lipinski definition) is 1. The summed E-state index contributed by atoms with van der Waals surface area (Å²) < 4.78 is 15.7. The van der Waals surface area contributed by atoms with Crippen molar-refractivity contribution in [2.45, 2.75) is 39.3 Å². The van der Waals surface area contributed by atoms with E-state index in [2.05, 4.69) is 10.3 Å². The smallest absolute Gasteiger partial charge is 0.125 e. The number of nitrogens with one attached hydrogen (secondary N) is 1. The molecule has 1 aromatic carbocycles. The van der Waals surface area contributed by atoms with Crippen molar-refractivity contribution in [3.8, 4) is 5.69 Å². The Hall–Kier alpha value is -1.68. The molecule has 1 fully saturated rings. The van der Waals surface area contributed by atoms with E-state index in [4.69, 9.17) is 0 Å². The van der Waals surface area contributed by atoms with Crippen LogP contribution in [0.3, 0.4) is 0 Å². The molecule has 0 atom stereocenters. The highest BCUT2D eigenvalue weighted by Gasteiger charge is 2.20. The van der Waals surface area contributed by atoms with Gasteiger partial charge < -0.3 is 9.88 Å². The molecule has 19 heavy (non-hydrogen) atoms. The molecule has 3 nitrogen and oxygen atoms in total. The molecule has 1 saturated carbocycles. The van der Waals surface area contributed by atoms with E-state index >= 15 is 0 Å². The second kappa shape index (κ2) is 4.78. The van der Waals surface area contributed by atoms with E-state index in [1.807, 2.05) is 24.5 Å². The average molecular weight is 259 g/mol. The zero-order valence-corrected chi connectivity index (χ0v) is 11.3. The second-order valence-corrected chi connectivity index (χ2v) is 5.26. The van der Waals surface area contributed by atoms with Crippen molar-refractivity contribution in [3.63, 3.8) is 0 Å². The Kier molecular flexibility index (Phi) is 3.11. The number of aryl methyl sites for hydroxylation is 1. The SMILES string of the molecule is Cc1ncn(-c2cc(F)cc(CNC3CC3)c2)c1C. The van der Waals surface area contributed by atoms with E-state index in [1.54, 1.807) is 18.5 Å². The maximum atomic E-state index is 13.7. The molecule has 0 bridgehead atoms. The van der Waals surface area contributed by atoms with Gasteiger partial charge in [0.2, 0.25) is 0 Å². The first-order chi connectivity index (χ1) is 9.13. The Balaban J connectivity index is 1.89. The van der Waals surface area contributed by atoms with Gasteiger partial charge in [0.1, 0.15) is 5.82 Å². The highest BCUT2D eigenvalue weighted by atomic mass is 19.1. The van der Waals surface area contributed by atoms with Crippen molar-refractivity contribution in [1.82, 2.24) is 14.9 Å². The predicted octanol–water partition coefficient (Wildman–Crippen LogP) is 2.88. The fourth-order valence-electron chi connectivity index (χ4n) is 2.18. The van der Waals surface area contributed by atoms with Crippen molar-refractivity contribution in [3.05, 3.63) is 47.3 Å². The maximum absolute atomic E-state index is 13.7. The summed E-state index contributed by atoms with van der Waals surface area (Å²) in [6.07, 6.45) is 4.22. The monoisotopic (exact) mass is 259 g/mol. The van der Waals surface area contributed by atoms with Gasteiger partial charge in [-0.25, -0.2) is 9.37 Å². The normalized spacial score (nSPS) is 14.9. The van der Waals surface area contributed by atoms with Gasteiger partial charge in [0, 0.05) is 24.0 Å². The van der Waals surface area contributed by atoms with Crippen molar-refractivity contribution in [2.24, 2.45) is 0 Å². The summed E-state index contributed by atoms with van der Waals surface area (Å²) in [6, 6.07) is 5.79. The number of rotatable bonds is 4. The molecule has 0 spiro atoms. The van der Waals surface area contributed by atoms with Crippen LogP contribution < -0.4 is 5.32 Å². The zero-order chi connectivity index (χ0) is 13.4. The van der Waals surface area contributed by atoms with Gasteiger partial charge in [-0.2, -0.15) is 0 Å². The lowest BCUT2D eigenvalue weighted by atomic mass is 10.2. The Morgan fingerprint density at radius 2 is 2.11 bits per heavy atom. The molecule has 4 heteroatoms. The summed E-state index contributed by atoms with van der Waals surface area (Å²) in [4.78, 5) is 4.26. The summed E-state index contributed by atoms with van der Waals surface area (Å²) in [5, 5.41) is 3.41. The van der Waals surface area contributed by atoms with E-state index in [1.165, 1.54) is 12.8 Å². The third-order valence-electron chi connectivity index (χ3n) is 3.64. The molecule has 100 valence electrons. The van der Waals surface area contributed by atoms with E-state index in [9.17, 15) is 4.39 Å². The number of hydrogen-bond acceptors (Lipinski definition) is 2. The maximum Gasteiger partial charge on any atom is 0.125 e. The van der Waals surface area contributed by atoms with Crippen LogP contribution in [0.2, 0.25) is 0 Å². The lowest BCUT2D eigenvalue weighted by molar-refractivity contribution is 0.618. The van der Waals surface area contributed by atoms with Crippen LogP contribution in [0.4, 0.5) is 4.39 Å². The second-order valence-electron chi connectivity index (χ2n) is 5.26. The Morgan fingerprint density at radius 3 is 2.74 bits per heavy atom. The number of imidazole rings is 1. The standard InChI is InChI=1S/C15H18FN3/c1-10-11(2)19(9-18-10)15-6-12(5-13(16)7-15)8-17-14-3-4-14/h5-7,9,14,17H,3-4,8H2,1-2H3.